The minimum atomic E-state index is -3.72. The second-order valence-electron chi connectivity index (χ2n) is 4.87. The predicted octanol–water partition coefficient (Wildman–Crippen LogP) is 1.20. The van der Waals surface area contributed by atoms with Crippen LogP contribution in [-0.2, 0) is 23.9 Å². The first-order valence-electron chi connectivity index (χ1n) is 5.67. The minimum absolute atomic E-state index is 0.0142. The normalized spacial score (nSPS) is 12.4. The third-order valence-corrected chi connectivity index (χ3v) is 3.62. The van der Waals surface area contributed by atoms with Crippen LogP contribution in [0.25, 0.3) is 0 Å². The molecule has 6 nitrogen and oxygen atoms in total. The highest BCUT2D eigenvalue weighted by atomic mass is 32.2. The first-order valence-corrected chi connectivity index (χ1v) is 7.24. The summed E-state index contributed by atoms with van der Waals surface area (Å²) in [5, 5.41) is 8.80. The van der Waals surface area contributed by atoms with E-state index in [1.165, 1.54) is 20.8 Å². The summed E-state index contributed by atoms with van der Waals surface area (Å²) in [6, 6.07) is 0. The van der Waals surface area contributed by atoms with Crippen molar-refractivity contribution in [1.29, 1.82) is 0 Å². The van der Waals surface area contributed by atoms with Crippen LogP contribution in [0.4, 0.5) is 0 Å². The Labute approximate surface area is 107 Å². The Bertz CT molecular complexity index is 396. The Morgan fingerprint density at radius 3 is 2.22 bits per heavy atom. The van der Waals surface area contributed by atoms with Gasteiger partial charge >= 0.3 is 5.97 Å². The molecule has 0 rings (SSSR count). The molecule has 0 aliphatic rings. The predicted molar refractivity (Wildman–Crippen MR) is 65.7 cm³/mol. The van der Waals surface area contributed by atoms with Gasteiger partial charge in [-0.25, -0.2) is 0 Å². The molecule has 0 unspecified atom stereocenters. The van der Waals surface area contributed by atoms with Crippen molar-refractivity contribution in [3.05, 3.63) is 0 Å². The number of aliphatic carboxylic acids is 1. The SMILES string of the molecule is CC(=O)CCCCS(=O)(=O)OCC(C)(C)C(=O)O. The monoisotopic (exact) mass is 280 g/mol. The molecule has 1 N–H and O–H groups in total. The first kappa shape index (κ1) is 17.1. The molecule has 0 saturated carbocycles. The van der Waals surface area contributed by atoms with Crippen LogP contribution in [0, 0.1) is 5.41 Å². The van der Waals surface area contributed by atoms with Crippen LogP contribution in [0.15, 0.2) is 0 Å². The number of Topliss-reactive ketones (excluding diaryl/α,β-unsaturated/α-hetero) is 1. The molecule has 0 heterocycles. The number of hydrogen-bond acceptors (Lipinski definition) is 5. The van der Waals surface area contributed by atoms with Gasteiger partial charge in [0, 0.05) is 6.42 Å². The maximum absolute atomic E-state index is 11.4. The van der Waals surface area contributed by atoms with Crippen molar-refractivity contribution in [1.82, 2.24) is 0 Å². The summed E-state index contributed by atoms with van der Waals surface area (Å²) in [7, 11) is -3.72. The number of carboxylic acids is 1. The largest absolute Gasteiger partial charge is 0.481 e. The fourth-order valence-corrected chi connectivity index (χ4v) is 2.16. The summed E-state index contributed by atoms with van der Waals surface area (Å²) in [5.74, 6) is -1.30. The summed E-state index contributed by atoms with van der Waals surface area (Å²) in [6.45, 7) is 3.83. The van der Waals surface area contributed by atoms with Gasteiger partial charge in [0.1, 0.15) is 5.78 Å². The van der Waals surface area contributed by atoms with Gasteiger partial charge in [0.25, 0.3) is 10.1 Å². The van der Waals surface area contributed by atoms with Crippen LogP contribution in [0.2, 0.25) is 0 Å². The molecular weight excluding hydrogens is 260 g/mol. The van der Waals surface area contributed by atoms with E-state index < -0.39 is 28.1 Å². The third-order valence-electron chi connectivity index (χ3n) is 2.35. The molecule has 0 saturated heterocycles. The fraction of sp³-hybridized carbons (Fsp3) is 0.818. The first-order chi connectivity index (χ1) is 8.07. The minimum Gasteiger partial charge on any atom is -0.481 e. The van der Waals surface area contributed by atoms with Crippen molar-refractivity contribution < 1.29 is 27.3 Å². The lowest BCUT2D eigenvalue weighted by Gasteiger charge is -2.18. The zero-order valence-corrected chi connectivity index (χ0v) is 11.7. The van der Waals surface area contributed by atoms with Crippen molar-refractivity contribution in [2.24, 2.45) is 5.41 Å². The van der Waals surface area contributed by atoms with Gasteiger partial charge in [-0.3, -0.25) is 8.98 Å². The summed E-state index contributed by atoms with van der Waals surface area (Å²) >= 11 is 0. The molecule has 0 aliphatic heterocycles. The molecule has 0 fully saturated rings. The van der Waals surface area contributed by atoms with Crippen LogP contribution in [0.3, 0.4) is 0 Å². The molecule has 0 aromatic rings. The molecule has 0 aromatic heterocycles. The Kier molecular flexibility index (Phi) is 6.48. The fourth-order valence-electron chi connectivity index (χ4n) is 1.01. The van der Waals surface area contributed by atoms with E-state index in [0.29, 0.717) is 19.3 Å². The quantitative estimate of drug-likeness (QED) is 0.503. The number of rotatable bonds is 9. The van der Waals surface area contributed by atoms with E-state index >= 15 is 0 Å². The molecule has 18 heavy (non-hydrogen) atoms. The summed E-state index contributed by atoms with van der Waals surface area (Å²) < 4.78 is 27.6. The third kappa shape index (κ3) is 7.39. The van der Waals surface area contributed by atoms with E-state index in [-0.39, 0.29) is 11.5 Å². The van der Waals surface area contributed by atoms with Gasteiger partial charge in [-0.1, -0.05) is 0 Å². The molecule has 0 radical (unpaired) electrons. The van der Waals surface area contributed by atoms with Crippen LogP contribution >= 0.6 is 0 Å². The van der Waals surface area contributed by atoms with Gasteiger partial charge in [-0.05, 0) is 33.6 Å². The number of carbonyl (C=O) groups excluding carboxylic acids is 1. The number of ketones is 1. The molecule has 0 bridgehead atoms. The average molecular weight is 280 g/mol. The van der Waals surface area contributed by atoms with Gasteiger partial charge in [-0.2, -0.15) is 8.42 Å². The Hall–Kier alpha value is -0.950. The number of unbranched alkanes of at least 4 members (excludes halogenated alkanes) is 1. The highest BCUT2D eigenvalue weighted by Crippen LogP contribution is 2.17. The van der Waals surface area contributed by atoms with Gasteiger partial charge < -0.3 is 9.90 Å². The van der Waals surface area contributed by atoms with Crippen LogP contribution in [-0.4, -0.2) is 37.6 Å². The molecule has 0 aromatic carbocycles. The van der Waals surface area contributed by atoms with Crippen LogP contribution in [0.1, 0.15) is 40.0 Å². The van der Waals surface area contributed by atoms with Gasteiger partial charge in [0.05, 0.1) is 17.8 Å². The number of carboxylic acid groups (broad SMARTS) is 1. The molecule has 0 amide bonds. The van der Waals surface area contributed by atoms with Crippen molar-refractivity contribution >= 4 is 21.9 Å². The molecule has 0 aliphatic carbocycles. The van der Waals surface area contributed by atoms with Gasteiger partial charge in [-0.15, -0.1) is 0 Å². The maximum Gasteiger partial charge on any atom is 0.311 e. The van der Waals surface area contributed by atoms with E-state index in [1.54, 1.807) is 0 Å². The van der Waals surface area contributed by atoms with Crippen molar-refractivity contribution in [3.63, 3.8) is 0 Å². The highest BCUT2D eigenvalue weighted by Gasteiger charge is 2.29. The van der Waals surface area contributed by atoms with E-state index in [2.05, 4.69) is 4.18 Å². The number of carbonyl (C=O) groups is 2. The number of hydrogen-bond donors (Lipinski definition) is 1. The topological polar surface area (TPSA) is 97.7 Å². The van der Waals surface area contributed by atoms with Crippen LogP contribution in [0.5, 0.6) is 0 Å². The van der Waals surface area contributed by atoms with Crippen LogP contribution < -0.4 is 0 Å². The van der Waals surface area contributed by atoms with E-state index in [4.69, 9.17) is 5.11 Å². The second kappa shape index (κ2) is 6.84. The standard InChI is InChI=1S/C11H20O6S/c1-9(12)6-4-5-7-18(15,16)17-8-11(2,3)10(13)14/h4-8H2,1-3H3,(H,13,14). The van der Waals surface area contributed by atoms with E-state index in [0.717, 1.165) is 0 Å². The molecule has 106 valence electrons. The Balaban J connectivity index is 4.09. The van der Waals surface area contributed by atoms with Gasteiger partial charge in [0.2, 0.25) is 0 Å². The summed E-state index contributed by atoms with van der Waals surface area (Å²) in [4.78, 5) is 21.4. The lowest BCUT2D eigenvalue weighted by Crippen LogP contribution is -2.31. The van der Waals surface area contributed by atoms with Crippen molar-refractivity contribution in [2.75, 3.05) is 12.4 Å². The van der Waals surface area contributed by atoms with Crippen molar-refractivity contribution in [3.8, 4) is 0 Å². The van der Waals surface area contributed by atoms with E-state index in [9.17, 15) is 18.0 Å². The lowest BCUT2D eigenvalue weighted by atomic mass is 9.96. The smallest absolute Gasteiger partial charge is 0.311 e. The van der Waals surface area contributed by atoms with Gasteiger partial charge in [0.15, 0.2) is 0 Å². The molecule has 0 spiro atoms. The highest BCUT2D eigenvalue weighted by molar-refractivity contribution is 7.86. The zero-order chi connectivity index (χ0) is 14.4. The zero-order valence-electron chi connectivity index (χ0n) is 10.9. The lowest BCUT2D eigenvalue weighted by molar-refractivity contribution is -0.148. The van der Waals surface area contributed by atoms with Crippen molar-refractivity contribution in [2.45, 2.75) is 40.0 Å². The Morgan fingerprint density at radius 2 is 1.78 bits per heavy atom. The molecular formula is C11H20O6S. The maximum atomic E-state index is 11.4. The summed E-state index contributed by atoms with van der Waals surface area (Å²) in [5.41, 5.74) is -1.24. The molecule has 7 heteroatoms. The average Bonchev–Trinajstić information content (AvgIpc) is 2.22. The second-order valence-corrected chi connectivity index (χ2v) is 6.63. The van der Waals surface area contributed by atoms with E-state index in [1.807, 2.05) is 0 Å². The molecule has 0 atom stereocenters. The summed E-state index contributed by atoms with van der Waals surface area (Å²) in [6.07, 6.45) is 1.16. The Morgan fingerprint density at radius 1 is 1.22 bits per heavy atom.